The van der Waals surface area contributed by atoms with Crippen LogP contribution in [0.15, 0.2) is 24.3 Å². The van der Waals surface area contributed by atoms with Gasteiger partial charge >= 0.3 is 0 Å². The first-order valence-corrected chi connectivity index (χ1v) is 8.05. The molecular weight excluding hydrogens is 228 g/mol. The van der Waals surface area contributed by atoms with E-state index in [0.717, 1.165) is 17.8 Å². The van der Waals surface area contributed by atoms with Gasteiger partial charge < -0.3 is 0 Å². The first kappa shape index (κ1) is 16.3. The summed E-state index contributed by atoms with van der Waals surface area (Å²) in [6.45, 7) is 13.9. The van der Waals surface area contributed by atoms with Gasteiger partial charge in [0.2, 0.25) is 0 Å². The summed E-state index contributed by atoms with van der Waals surface area (Å²) in [7, 11) is 0. The zero-order valence-electron chi connectivity index (χ0n) is 13.7. The monoisotopic (exact) mass is 260 g/mol. The number of rotatable bonds is 7. The first-order chi connectivity index (χ1) is 8.95. The van der Waals surface area contributed by atoms with Gasteiger partial charge in [-0.2, -0.15) is 0 Å². The van der Waals surface area contributed by atoms with Crippen LogP contribution in [-0.2, 0) is 0 Å². The third-order valence-corrected chi connectivity index (χ3v) is 4.68. The Hall–Kier alpha value is -0.780. The molecular formula is C19H32. The van der Waals surface area contributed by atoms with E-state index in [1.165, 1.54) is 30.4 Å². The Kier molecular flexibility index (Phi) is 6.62. The lowest BCUT2D eigenvalue weighted by Gasteiger charge is -2.21. The van der Waals surface area contributed by atoms with Crippen LogP contribution in [0.2, 0.25) is 0 Å². The lowest BCUT2D eigenvalue weighted by molar-refractivity contribution is 0.365. The third-order valence-electron chi connectivity index (χ3n) is 4.68. The van der Waals surface area contributed by atoms with Crippen LogP contribution < -0.4 is 0 Å². The second kappa shape index (κ2) is 7.72. The predicted molar refractivity (Wildman–Crippen MR) is 86.8 cm³/mol. The normalized spacial score (nSPS) is 14.9. The summed E-state index contributed by atoms with van der Waals surface area (Å²) in [5, 5.41) is 0. The van der Waals surface area contributed by atoms with Crippen LogP contribution in [0.3, 0.4) is 0 Å². The molecule has 0 saturated heterocycles. The minimum Gasteiger partial charge on any atom is -0.0648 e. The molecule has 1 aromatic carbocycles. The van der Waals surface area contributed by atoms with Crippen molar-refractivity contribution in [3.63, 3.8) is 0 Å². The van der Waals surface area contributed by atoms with Gasteiger partial charge in [-0.3, -0.25) is 0 Å². The van der Waals surface area contributed by atoms with Crippen molar-refractivity contribution in [3.8, 4) is 0 Å². The Bertz CT molecular complexity index is 345. The van der Waals surface area contributed by atoms with Gasteiger partial charge in [0.05, 0.1) is 0 Å². The smallest absolute Gasteiger partial charge is 0.0164 e. The van der Waals surface area contributed by atoms with Gasteiger partial charge in [-0.1, -0.05) is 65.8 Å². The molecule has 108 valence electrons. The highest BCUT2D eigenvalue weighted by molar-refractivity contribution is 5.27. The van der Waals surface area contributed by atoms with Crippen LogP contribution in [-0.4, -0.2) is 0 Å². The lowest BCUT2D eigenvalue weighted by Crippen LogP contribution is -2.07. The Morgan fingerprint density at radius 3 is 1.74 bits per heavy atom. The second-order valence-corrected chi connectivity index (χ2v) is 6.73. The molecule has 19 heavy (non-hydrogen) atoms. The lowest BCUT2D eigenvalue weighted by atomic mass is 9.85. The van der Waals surface area contributed by atoms with E-state index in [9.17, 15) is 0 Å². The van der Waals surface area contributed by atoms with E-state index in [-0.39, 0.29) is 0 Å². The van der Waals surface area contributed by atoms with E-state index in [4.69, 9.17) is 0 Å². The molecule has 0 saturated carbocycles. The van der Waals surface area contributed by atoms with Crippen molar-refractivity contribution in [2.75, 3.05) is 0 Å². The summed E-state index contributed by atoms with van der Waals surface area (Å²) in [6.07, 6.45) is 3.94. The maximum atomic E-state index is 2.39. The van der Waals surface area contributed by atoms with Crippen molar-refractivity contribution in [2.45, 2.75) is 72.6 Å². The summed E-state index contributed by atoms with van der Waals surface area (Å²) < 4.78 is 0. The zero-order chi connectivity index (χ0) is 14.4. The Balaban J connectivity index is 2.64. The minimum absolute atomic E-state index is 0.634. The number of benzene rings is 1. The highest BCUT2D eigenvalue weighted by Gasteiger charge is 2.13. The molecule has 0 aliphatic rings. The molecule has 0 heterocycles. The van der Waals surface area contributed by atoms with Crippen LogP contribution in [0.4, 0.5) is 0 Å². The van der Waals surface area contributed by atoms with Crippen LogP contribution in [0.25, 0.3) is 0 Å². The SMILES string of the molecule is CCC(CCC(C)C(C)C)c1ccc(C(C)C)cc1. The average molecular weight is 260 g/mol. The molecule has 0 bridgehead atoms. The highest BCUT2D eigenvalue weighted by atomic mass is 14.2. The van der Waals surface area contributed by atoms with E-state index >= 15 is 0 Å². The summed E-state index contributed by atoms with van der Waals surface area (Å²) in [5.74, 6) is 3.02. The van der Waals surface area contributed by atoms with E-state index in [0.29, 0.717) is 5.92 Å². The zero-order valence-corrected chi connectivity index (χ0v) is 13.7. The third kappa shape index (κ3) is 5.01. The summed E-state index contributed by atoms with van der Waals surface area (Å²) in [5.41, 5.74) is 2.98. The summed E-state index contributed by atoms with van der Waals surface area (Å²) >= 11 is 0. The fourth-order valence-corrected chi connectivity index (χ4v) is 2.56. The largest absolute Gasteiger partial charge is 0.0648 e. The van der Waals surface area contributed by atoms with Gasteiger partial charge in [0, 0.05) is 0 Å². The van der Waals surface area contributed by atoms with E-state index < -0.39 is 0 Å². The molecule has 0 aliphatic carbocycles. The maximum Gasteiger partial charge on any atom is -0.0164 e. The molecule has 1 rings (SSSR count). The van der Waals surface area contributed by atoms with E-state index in [2.05, 4.69) is 65.8 Å². The fourth-order valence-electron chi connectivity index (χ4n) is 2.56. The molecule has 0 aromatic heterocycles. The van der Waals surface area contributed by atoms with Crippen molar-refractivity contribution in [1.82, 2.24) is 0 Å². The van der Waals surface area contributed by atoms with Gasteiger partial charge in [0.15, 0.2) is 0 Å². The van der Waals surface area contributed by atoms with E-state index in [1.807, 2.05) is 0 Å². The van der Waals surface area contributed by atoms with Gasteiger partial charge in [0.25, 0.3) is 0 Å². The molecule has 0 radical (unpaired) electrons. The van der Waals surface area contributed by atoms with Crippen molar-refractivity contribution >= 4 is 0 Å². The van der Waals surface area contributed by atoms with Crippen LogP contribution >= 0.6 is 0 Å². The molecule has 0 spiro atoms. The highest BCUT2D eigenvalue weighted by Crippen LogP contribution is 2.29. The number of hydrogen-bond donors (Lipinski definition) is 0. The maximum absolute atomic E-state index is 2.39. The van der Waals surface area contributed by atoms with Gasteiger partial charge in [0.1, 0.15) is 0 Å². The van der Waals surface area contributed by atoms with Crippen LogP contribution in [0, 0.1) is 11.8 Å². The quantitative estimate of drug-likeness (QED) is 0.534. The molecule has 0 fully saturated rings. The standard InChI is InChI=1S/C19H32/c1-7-17(9-8-16(6)14(2)3)19-12-10-18(11-13-19)15(4)5/h10-17H,7-9H2,1-6H3. The number of hydrogen-bond acceptors (Lipinski definition) is 0. The molecule has 0 aliphatic heterocycles. The average Bonchev–Trinajstić information content (AvgIpc) is 2.39. The van der Waals surface area contributed by atoms with Crippen molar-refractivity contribution < 1.29 is 0 Å². The second-order valence-electron chi connectivity index (χ2n) is 6.73. The first-order valence-electron chi connectivity index (χ1n) is 8.05. The van der Waals surface area contributed by atoms with Crippen molar-refractivity contribution in [2.24, 2.45) is 11.8 Å². The molecule has 1 aromatic rings. The van der Waals surface area contributed by atoms with E-state index in [1.54, 1.807) is 0 Å². The minimum atomic E-state index is 0.634. The molecule has 2 unspecified atom stereocenters. The molecule has 0 amide bonds. The Labute approximate surface area is 120 Å². The molecule has 2 atom stereocenters. The van der Waals surface area contributed by atoms with Crippen LogP contribution in [0.5, 0.6) is 0 Å². The van der Waals surface area contributed by atoms with Gasteiger partial charge in [-0.15, -0.1) is 0 Å². The summed E-state index contributed by atoms with van der Waals surface area (Å²) in [4.78, 5) is 0. The molecule has 0 N–H and O–H groups in total. The summed E-state index contributed by atoms with van der Waals surface area (Å²) in [6, 6.07) is 9.33. The van der Waals surface area contributed by atoms with Crippen molar-refractivity contribution in [1.29, 1.82) is 0 Å². The predicted octanol–water partition coefficient (Wildman–Crippen LogP) is 6.38. The fraction of sp³-hybridized carbons (Fsp3) is 0.684. The molecule has 0 heteroatoms. The molecule has 0 nitrogen and oxygen atoms in total. The van der Waals surface area contributed by atoms with Crippen LogP contribution in [0.1, 0.15) is 83.8 Å². The van der Waals surface area contributed by atoms with Crippen molar-refractivity contribution in [3.05, 3.63) is 35.4 Å². The van der Waals surface area contributed by atoms with Gasteiger partial charge in [-0.05, 0) is 54.1 Å². The van der Waals surface area contributed by atoms with Gasteiger partial charge in [-0.25, -0.2) is 0 Å². The Morgan fingerprint density at radius 2 is 1.32 bits per heavy atom. The topological polar surface area (TPSA) is 0 Å². The Morgan fingerprint density at radius 1 is 0.789 bits per heavy atom.